The summed E-state index contributed by atoms with van der Waals surface area (Å²) in [5.41, 5.74) is 4.03. The van der Waals surface area contributed by atoms with Gasteiger partial charge in [0.1, 0.15) is 5.65 Å². The molecule has 6 radical (unpaired) electrons. The van der Waals surface area contributed by atoms with Crippen LogP contribution in [-0.2, 0) is 10.5 Å². The normalized spacial score (nSPS) is 13.1. The average Bonchev–Trinajstić information content (AvgIpc) is 2.77. The predicted molar refractivity (Wildman–Crippen MR) is 92.9 cm³/mol. The molecular formula is C16H16B3N3. The van der Waals surface area contributed by atoms with Crippen LogP contribution in [-0.4, -0.2) is 37.9 Å². The lowest BCUT2D eigenvalue weighted by atomic mass is 9.41. The molecule has 0 saturated heterocycles. The van der Waals surface area contributed by atoms with E-state index in [0.717, 1.165) is 27.9 Å². The predicted octanol–water partition coefficient (Wildman–Crippen LogP) is 2.10. The first kappa shape index (κ1) is 15.2. The molecular weight excluding hydrogens is 267 g/mol. The third kappa shape index (κ3) is 2.35. The molecule has 3 nitrogen and oxygen atoms in total. The molecule has 0 unspecified atom stereocenters. The Labute approximate surface area is 134 Å². The SMILES string of the molecule is [B]C([B])([B])c1cc2nc(C(C)(C)C)ccc2c2ncc(C)n12. The second kappa shape index (κ2) is 4.64. The van der Waals surface area contributed by atoms with Gasteiger partial charge in [-0.2, -0.15) is 0 Å². The quantitative estimate of drug-likeness (QED) is 0.640. The van der Waals surface area contributed by atoms with Crippen molar-refractivity contribution in [3.05, 3.63) is 41.5 Å². The Morgan fingerprint density at radius 2 is 1.77 bits per heavy atom. The van der Waals surface area contributed by atoms with Crippen molar-refractivity contribution in [3.8, 4) is 0 Å². The van der Waals surface area contributed by atoms with Gasteiger partial charge in [-0.25, -0.2) is 4.98 Å². The topological polar surface area (TPSA) is 30.2 Å². The lowest BCUT2D eigenvalue weighted by molar-refractivity contribution is 0.571. The number of fused-ring (bicyclic) bond motifs is 3. The first-order valence-corrected chi connectivity index (χ1v) is 7.24. The lowest BCUT2D eigenvalue weighted by Crippen LogP contribution is -2.30. The lowest BCUT2D eigenvalue weighted by Gasteiger charge is -2.24. The Kier molecular flexibility index (Phi) is 3.21. The molecule has 3 rings (SSSR count). The maximum atomic E-state index is 5.94. The maximum absolute atomic E-state index is 5.94. The zero-order chi connectivity index (χ0) is 16.3. The van der Waals surface area contributed by atoms with E-state index in [0.29, 0.717) is 5.69 Å². The third-order valence-electron chi connectivity index (χ3n) is 3.83. The van der Waals surface area contributed by atoms with Crippen molar-refractivity contribution in [2.24, 2.45) is 0 Å². The summed E-state index contributed by atoms with van der Waals surface area (Å²) in [6.07, 6.45) is 1.78. The molecule has 0 aromatic carbocycles. The van der Waals surface area contributed by atoms with Crippen LogP contribution in [0, 0.1) is 6.92 Å². The van der Waals surface area contributed by atoms with Gasteiger partial charge in [0.15, 0.2) is 0 Å². The molecule has 3 aromatic rings. The molecule has 0 aliphatic rings. The molecule has 0 aliphatic carbocycles. The van der Waals surface area contributed by atoms with Crippen LogP contribution in [0.25, 0.3) is 16.6 Å². The van der Waals surface area contributed by atoms with E-state index >= 15 is 0 Å². The zero-order valence-electron chi connectivity index (χ0n) is 13.4. The molecule has 104 valence electrons. The highest BCUT2D eigenvalue weighted by Crippen LogP contribution is 2.28. The van der Waals surface area contributed by atoms with E-state index in [2.05, 4.69) is 25.8 Å². The molecule has 3 heterocycles. The van der Waals surface area contributed by atoms with E-state index in [1.807, 2.05) is 29.5 Å². The summed E-state index contributed by atoms with van der Waals surface area (Å²) in [7, 11) is 17.8. The maximum Gasteiger partial charge on any atom is 0.146 e. The van der Waals surface area contributed by atoms with Crippen molar-refractivity contribution >= 4 is 40.1 Å². The fourth-order valence-electron chi connectivity index (χ4n) is 2.64. The Hall–Kier alpha value is -1.71. The highest BCUT2D eigenvalue weighted by atomic mass is 15.0. The molecule has 0 saturated carbocycles. The number of pyridine rings is 2. The number of hydrogen-bond acceptors (Lipinski definition) is 2. The number of aromatic nitrogens is 3. The molecule has 0 spiro atoms. The molecule has 0 amide bonds. The fraction of sp³-hybridized carbons (Fsp3) is 0.375. The number of rotatable bonds is 1. The van der Waals surface area contributed by atoms with E-state index < -0.39 is 5.11 Å². The molecule has 0 aliphatic heterocycles. The third-order valence-corrected chi connectivity index (χ3v) is 3.83. The Morgan fingerprint density at radius 3 is 2.36 bits per heavy atom. The van der Waals surface area contributed by atoms with Crippen LogP contribution >= 0.6 is 0 Å². The van der Waals surface area contributed by atoms with Gasteiger partial charge in [0.05, 0.1) is 29.1 Å². The minimum Gasteiger partial charge on any atom is -0.302 e. The number of hydrogen-bond donors (Lipinski definition) is 0. The minimum atomic E-state index is -1.46. The molecule has 3 aromatic heterocycles. The van der Waals surface area contributed by atoms with Crippen LogP contribution in [0.4, 0.5) is 0 Å². The van der Waals surface area contributed by atoms with Gasteiger partial charge in [0.2, 0.25) is 0 Å². The molecule has 0 atom stereocenters. The highest BCUT2D eigenvalue weighted by molar-refractivity contribution is 6.58. The largest absolute Gasteiger partial charge is 0.302 e. The summed E-state index contributed by atoms with van der Waals surface area (Å²) in [6, 6.07) is 5.93. The van der Waals surface area contributed by atoms with Crippen molar-refractivity contribution in [1.82, 2.24) is 14.4 Å². The monoisotopic (exact) mass is 283 g/mol. The number of aryl methyl sites for hydroxylation is 1. The van der Waals surface area contributed by atoms with Gasteiger partial charge in [-0.15, -0.1) is 0 Å². The molecule has 0 fully saturated rings. The van der Waals surface area contributed by atoms with Crippen molar-refractivity contribution in [2.75, 3.05) is 0 Å². The van der Waals surface area contributed by atoms with Gasteiger partial charge in [0, 0.05) is 34.1 Å². The second-order valence-electron chi connectivity index (χ2n) is 6.90. The number of imidazole rings is 1. The van der Waals surface area contributed by atoms with Gasteiger partial charge in [-0.05, 0) is 25.1 Å². The zero-order valence-corrected chi connectivity index (χ0v) is 13.4. The molecule has 22 heavy (non-hydrogen) atoms. The van der Waals surface area contributed by atoms with Crippen molar-refractivity contribution < 1.29 is 0 Å². The average molecular weight is 283 g/mol. The summed E-state index contributed by atoms with van der Waals surface area (Å²) in [6.45, 7) is 8.32. The Bertz CT molecular complexity index is 870. The van der Waals surface area contributed by atoms with Gasteiger partial charge in [-0.1, -0.05) is 25.9 Å². The van der Waals surface area contributed by atoms with Crippen LogP contribution in [0.3, 0.4) is 0 Å². The van der Waals surface area contributed by atoms with Gasteiger partial charge in [0.25, 0.3) is 0 Å². The highest BCUT2D eigenvalue weighted by Gasteiger charge is 2.21. The summed E-state index contributed by atoms with van der Waals surface area (Å²) in [5, 5.41) is -0.508. The Morgan fingerprint density at radius 1 is 1.09 bits per heavy atom. The second-order valence-corrected chi connectivity index (χ2v) is 6.90. The van der Waals surface area contributed by atoms with E-state index in [1.165, 1.54) is 0 Å². The van der Waals surface area contributed by atoms with Gasteiger partial charge >= 0.3 is 0 Å². The molecule has 0 bridgehead atoms. The van der Waals surface area contributed by atoms with Crippen LogP contribution in [0.2, 0.25) is 0 Å². The van der Waals surface area contributed by atoms with Crippen molar-refractivity contribution in [1.29, 1.82) is 0 Å². The summed E-state index contributed by atoms with van der Waals surface area (Å²) < 4.78 is 1.89. The smallest absolute Gasteiger partial charge is 0.146 e. The van der Waals surface area contributed by atoms with Gasteiger partial charge < -0.3 is 4.40 Å². The van der Waals surface area contributed by atoms with E-state index in [-0.39, 0.29) is 5.41 Å². The van der Waals surface area contributed by atoms with E-state index in [9.17, 15) is 0 Å². The van der Waals surface area contributed by atoms with Crippen LogP contribution in [0.5, 0.6) is 0 Å². The van der Waals surface area contributed by atoms with E-state index in [4.69, 9.17) is 28.5 Å². The minimum absolute atomic E-state index is 0.0446. The fourth-order valence-corrected chi connectivity index (χ4v) is 2.64. The molecule has 0 N–H and O–H groups in total. The van der Waals surface area contributed by atoms with Gasteiger partial charge in [-0.3, -0.25) is 4.98 Å². The van der Waals surface area contributed by atoms with Crippen LogP contribution in [0.1, 0.15) is 37.9 Å². The first-order chi connectivity index (χ1) is 10.1. The van der Waals surface area contributed by atoms with Crippen LogP contribution < -0.4 is 0 Å². The summed E-state index contributed by atoms with van der Waals surface area (Å²) in [5.74, 6) is 0. The standard InChI is InChI=1S/C16H16B3N3/c1-9-8-20-14-10-5-6-12(15(2,3)4)21-11(10)7-13(22(9)14)16(17,18)19/h5-8H,1-4H3. The van der Waals surface area contributed by atoms with Crippen molar-refractivity contribution in [2.45, 2.75) is 38.2 Å². The summed E-state index contributed by atoms with van der Waals surface area (Å²) in [4.78, 5) is 9.23. The Balaban J connectivity index is 2.44. The van der Waals surface area contributed by atoms with Crippen LogP contribution in [0.15, 0.2) is 24.4 Å². The molecule has 6 heteroatoms. The summed E-state index contributed by atoms with van der Waals surface area (Å²) >= 11 is 0. The van der Waals surface area contributed by atoms with Crippen molar-refractivity contribution in [3.63, 3.8) is 0 Å². The first-order valence-electron chi connectivity index (χ1n) is 7.24. The number of nitrogens with zero attached hydrogens (tertiary/aromatic N) is 3. The van der Waals surface area contributed by atoms with E-state index in [1.54, 1.807) is 6.20 Å².